The van der Waals surface area contributed by atoms with Crippen LogP contribution in [0.2, 0.25) is 0 Å². The molecule has 0 radical (unpaired) electrons. The average Bonchev–Trinajstić information content (AvgIpc) is 2.89. The van der Waals surface area contributed by atoms with Gasteiger partial charge in [0.2, 0.25) is 0 Å². The minimum atomic E-state index is -4.33. The van der Waals surface area contributed by atoms with Crippen molar-refractivity contribution < 1.29 is 18.0 Å². The summed E-state index contributed by atoms with van der Waals surface area (Å²) in [6, 6.07) is 11.4. The van der Waals surface area contributed by atoms with Crippen LogP contribution < -0.4 is 0 Å². The highest BCUT2D eigenvalue weighted by molar-refractivity contribution is 9.18. The molecule has 1 aliphatic heterocycles. The first-order valence-corrected chi connectivity index (χ1v) is 8.63. The fourth-order valence-electron chi connectivity index (χ4n) is 2.92. The number of benzene rings is 2. The zero-order chi connectivity index (χ0) is 18.2. The summed E-state index contributed by atoms with van der Waals surface area (Å²) in [6.45, 7) is 3.90. The second kappa shape index (κ2) is 6.48. The van der Waals surface area contributed by atoms with Crippen molar-refractivity contribution in [3.63, 3.8) is 0 Å². The molecule has 3 rings (SSSR count). The van der Waals surface area contributed by atoms with Gasteiger partial charge in [-0.1, -0.05) is 41.6 Å². The zero-order valence-corrected chi connectivity index (χ0v) is 15.4. The molecular formula is C19H17BrF3NO. The number of rotatable bonds is 3. The van der Waals surface area contributed by atoms with E-state index in [-0.39, 0.29) is 0 Å². The maximum atomic E-state index is 12.9. The number of nitrogens with zero attached hydrogens (tertiary/aromatic N) is 1. The van der Waals surface area contributed by atoms with Crippen LogP contribution in [-0.4, -0.2) is 4.62 Å². The largest absolute Gasteiger partial charge is 0.416 e. The Hall–Kier alpha value is -1.82. The lowest BCUT2D eigenvalue weighted by Crippen LogP contribution is -2.21. The van der Waals surface area contributed by atoms with Crippen molar-refractivity contribution in [1.82, 2.24) is 0 Å². The molecule has 0 saturated heterocycles. The van der Waals surface area contributed by atoms with E-state index in [1.807, 2.05) is 32.0 Å². The van der Waals surface area contributed by atoms with Gasteiger partial charge < -0.3 is 4.84 Å². The first-order chi connectivity index (χ1) is 11.7. The molecule has 0 unspecified atom stereocenters. The van der Waals surface area contributed by atoms with Crippen LogP contribution in [0.15, 0.2) is 47.6 Å². The molecule has 1 atom stereocenters. The Morgan fingerprint density at radius 1 is 1.20 bits per heavy atom. The van der Waals surface area contributed by atoms with Gasteiger partial charge in [-0.05, 0) is 64.5 Å². The zero-order valence-electron chi connectivity index (χ0n) is 13.8. The van der Waals surface area contributed by atoms with E-state index in [9.17, 15) is 13.2 Å². The summed E-state index contributed by atoms with van der Waals surface area (Å²) in [7, 11) is 0. The third-order valence-electron chi connectivity index (χ3n) is 4.44. The van der Waals surface area contributed by atoms with E-state index in [0.717, 1.165) is 27.4 Å². The predicted molar refractivity (Wildman–Crippen MR) is 94.8 cm³/mol. The molecule has 1 aliphatic rings. The summed E-state index contributed by atoms with van der Waals surface area (Å²) in [5, 5.41) is 3.95. The summed E-state index contributed by atoms with van der Waals surface area (Å²) in [4.78, 5) is 5.54. The normalized spacial score (nSPS) is 20.3. The van der Waals surface area contributed by atoms with E-state index in [4.69, 9.17) is 4.84 Å². The molecule has 0 saturated carbocycles. The number of oxime groups is 1. The van der Waals surface area contributed by atoms with E-state index < -0.39 is 17.3 Å². The quantitative estimate of drug-likeness (QED) is 0.611. The summed E-state index contributed by atoms with van der Waals surface area (Å²) in [5.41, 5.74) is 2.41. The Bertz CT molecular complexity index is 832. The topological polar surface area (TPSA) is 21.6 Å². The predicted octanol–water partition coefficient (Wildman–Crippen LogP) is 5.95. The van der Waals surface area contributed by atoms with Crippen LogP contribution in [0.5, 0.6) is 0 Å². The molecule has 0 fully saturated rings. The number of hydrogen-bond donors (Lipinski definition) is 0. The van der Waals surface area contributed by atoms with Crippen LogP contribution >= 0.6 is 15.9 Å². The number of halogens is 4. The fraction of sp³-hybridized carbons (Fsp3) is 0.316. The fourth-order valence-corrected chi connectivity index (χ4v) is 3.52. The van der Waals surface area contributed by atoms with Gasteiger partial charge >= 0.3 is 6.18 Å². The minimum absolute atomic E-state index is 0.432. The molecule has 2 aromatic carbocycles. The van der Waals surface area contributed by atoms with Gasteiger partial charge in [-0.15, -0.1) is 0 Å². The summed E-state index contributed by atoms with van der Waals surface area (Å²) in [5.74, 6) is 0. The Labute approximate surface area is 152 Å². The van der Waals surface area contributed by atoms with Crippen molar-refractivity contribution in [1.29, 1.82) is 0 Å². The van der Waals surface area contributed by atoms with Gasteiger partial charge in [0.25, 0.3) is 0 Å². The van der Waals surface area contributed by atoms with Crippen molar-refractivity contribution in [3.8, 4) is 0 Å². The molecule has 0 bridgehead atoms. The van der Waals surface area contributed by atoms with Crippen molar-refractivity contribution in [2.45, 2.75) is 38.5 Å². The van der Waals surface area contributed by atoms with Crippen LogP contribution in [0.3, 0.4) is 0 Å². The van der Waals surface area contributed by atoms with E-state index in [1.54, 1.807) is 6.07 Å². The molecule has 1 heterocycles. The van der Waals surface area contributed by atoms with Crippen LogP contribution in [0.4, 0.5) is 13.2 Å². The third kappa shape index (κ3) is 3.89. The van der Waals surface area contributed by atoms with Gasteiger partial charge in [-0.2, -0.15) is 13.2 Å². The van der Waals surface area contributed by atoms with E-state index >= 15 is 0 Å². The smallest absolute Gasteiger partial charge is 0.383 e. The Morgan fingerprint density at radius 2 is 1.96 bits per heavy atom. The summed E-state index contributed by atoms with van der Waals surface area (Å²) < 4.78 is 39.5. The van der Waals surface area contributed by atoms with Crippen molar-refractivity contribution >= 4 is 20.6 Å². The maximum Gasteiger partial charge on any atom is 0.416 e. The SMILES string of the molecule is Cc1ccc([C@@]2(C)CC(Br)=NO2)cc1Cc1cccc(C(F)(F)F)c1. The lowest BCUT2D eigenvalue weighted by atomic mass is 9.89. The molecule has 6 heteroatoms. The molecule has 0 amide bonds. The lowest BCUT2D eigenvalue weighted by molar-refractivity contribution is -0.137. The van der Waals surface area contributed by atoms with E-state index in [1.165, 1.54) is 12.1 Å². The van der Waals surface area contributed by atoms with Gasteiger partial charge in [-0.25, -0.2) is 0 Å². The molecule has 2 nitrogen and oxygen atoms in total. The molecular weight excluding hydrogens is 395 g/mol. The summed E-state index contributed by atoms with van der Waals surface area (Å²) in [6.07, 6.45) is -3.28. The van der Waals surface area contributed by atoms with Crippen LogP contribution in [0.1, 0.15) is 41.2 Å². The van der Waals surface area contributed by atoms with E-state index in [2.05, 4.69) is 21.1 Å². The lowest BCUT2D eigenvalue weighted by Gasteiger charge is -2.23. The molecule has 0 aliphatic carbocycles. The molecule has 25 heavy (non-hydrogen) atoms. The Morgan fingerprint density at radius 3 is 2.60 bits per heavy atom. The van der Waals surface area contributed by atoms with Gasteiger partial charge in [0.05, 0.1) is 5.56 Å². The Kier molecular flexibility index (Phi) is 4.66. The average molecular weight is 412 g/mol. The minimum Gasteiger partial charge on any atom is -0.383 e. The van der Waals surface area contributed by atoms with Gasteiger partial charge in [0.15, 0.2) is 5.60 Å². The second-order valence-electron chi connectivity index (χ2n) is 6.48. The van der Waals surface area contributed by atoms with Crippen LogP contribution in [-0.2, 0) is 23.0 Å². The van der Waals surface area contributed by atoms with Crippen LogP contribution in [0.25, 0.3) is 0 Å². The van der Waals surface area contributed by atoms with Gasteiger partial charge in [0, 0.05) is 6.42 Å². The molecule has 0 spiro atoms. The van der Waals surface area contributed by atoms with E-state index in [0.29, 0.717) is 18.4 Å². The van der Waals surface area contributed by atoms with Gasteiger partial charge in [-0.3, -0.25) is 0 Å². The number of alkyl halides is 3. The highest BCUT2D eigenvalue weighted by Gasteiger charge is 2.35. The van der Waals surface area contributed by atoms with Crippen molar-refractivity contribution in [2.24, 2.45) is 5.16 Å². The molecule has 0 aromatic heterocycles. The second-order valence-corrected chi connectivity index (χ2v) is 7.40. The highest BCUT2D eigenvalue weighted by Crippen LogP contribution is 2.37. The first-order valence-electron chi connectivity index (χ1n) is 7.84. The van der Waals surface area contributed by atoms with Crippen LogP contribution in [0, 0.1) is 6.92 Å². The van der Waals surface area contributed by atoms with Crippen molar-refractivity contribution in [2.75, 3.05) is 0 Å². The standard InChI is InChI=1S/C19H17BrF3NO/c1-12-6-7-15(18(2)11-17(20)24-25-18)10-14(12)8-13-4-3-5-16(9-13)19(21,22)23/h3-7,9-10H,8,11H2,1-2H3/t18-/m1/s1. The molecule has 0 N–H and O–H groups in total. The highest BCUT2D eigenvalue weighted by atomic mass is 79.9. The first kappa shape index (κ1) is 18.0. The number of aryl methyl sites for hydroxylation is 1. The number of hydrogen-bond acceptors (Lipinski definition) is 2. The van der Waals surface area contributed by atoms with Gasteiger partial charge in [0.1, 0.15) is 4.62 Å². The molecule has 132 valence electrons. The molecule has 2 aromatic rings. The van der Waals surface area contributed by atoms with Crippen molar-refractivity contribution in [3.05, 3.63) is 70.3 Å². The maximum absolute atomic E-state index is 12.9. The monoisotopic (exact) mass is 411 g/mol. The summed E-state index contributed by atoms with van der Waals surface area (Å²) >= 11 is 3.34. The third-order valence-corrected chi connectivity index (χ3v) is 4.86. The Balaban J connectivity index is 1.90.